The maximum Gasteiger partial charge on any atom is 0.241 e. The summed E-state index contributed by atoms with van der Waals surface area (Å²) in [5, 5.41) is 0. The zero-order valence-electron chi connectivity index (χ0n) is 7.18. The van der Waals surface area contributed by atoms with Crippen LogP contribution in [0.1, 0.15) is 32.1 Å². The molecular weight excluding hydrogens is 158 g/mol. The molecule has 2 unspecified atom stereocenters. The van der Waals surface area contributed by atoms with Crippen LogP contribution in [0.3, 0.4) is 0 Å². The normalized spacial score (nSPS) is 37.2. The molecule has 0 N–H and O–H groups in total. The maximum atomic E-state index is 12.4. The Labute approximate surface area is 72.3 Å². The highest BCUT2D eigenvalue weighted by Gasteiger charge is 2.37. The molecule has 0 aromatic rings. The molecule has 69 valence electrons. The van der Waals surface area contributed by atoms with E-state index in [1.165, 1.54) is 12.8 Å². The minimum Gasteiger partial charge on any atom is -0.210 e. The summed E-state index contributed by atoms with van der Waals surface area (Å²) in [7, 11) is 0. The summed E-state index contributed by atoms with van der Waals surface area (Å²) in [6.07, 6.45) is 5.12. The van der Waals surface area contributed by atoms with Crippen LogP contribution in [-0.2, 0) is 0 Å². The van der Waals surface area contributed by atoms with Crippen LogP contribution in [0.2, 0.25) is 0 Å². The monoisotopic (exact) mass is 173 g/mol. The van der Waals surface area contributed by atoms with Crippen LogP contribution in [-0.4, -0.2) is 6.43 Å². The molecule has 2 saturated carbocycles. The van der Waals surface area contributed by atoms with Gasteiger partial charge in [0.15, 0.2) is 0 Å². The lowest BCUT2D eigenvalue weighted by molar-refractivity contribution is 0.0491. The van der Waals surface area contributed by atoms with Crippen molar-refractivity contribution < 1.29 is 8.78 Å². The average Bonchev–Trinajstić information content (AvgIpc) is 2.87. The van der Waals surface area contributed by atoms with Crippen molar-refractivity contribution in [3.05, 3.63) is 6.42 Å². The van der Waals surface area contributed by atoms with Crippen molar-refractivity contribution in [1.29, 1.82) is 0 Å². The topological polar surface area (TPSA) is 0 Å². The van der Waals surface area contributed by atoms with Gasteiger partial charge >= 0.3 is 0 Å². The Bertz CT molecular complexity index is 144. The van der Waals surface area contributed by atoms with E-state index in [0.29, 0.717) is 12.3 Å². The van der Waals surface area contributed by atoms with Crippen LogP contribution in [0.5, 0.6) is 0 Å². The second kappa shape index (κ2) is 3.31. The Morgan fingerprint density at radius 1 is 1.17 bits per heavy atom. The van der Waals surface area contributed by atoms with E-state index in [2.05, 4.69) is 6.42 Å². The molecule has 1 radical (unpaired) electrons. The molecule has 2 rings (SSSR count). The van der Waals surface area contributed by atoms with Crippen LogP contribution in [0.4, 0.5) is 8.78 Å². The molecule has 0 heterocycles. The van der Waals surface area contributed by atoms with E-state index in [9.17, 15) is 8.78 Å². The second-order valence-corrected chi connectivity index (χ2v) is 4.14. The van der Waals surface area contributed by atoms with E-state index in [-0.39, 0.29) is 5.92 Å². The standard InChI is InChI=1S/C10H15F2/c11-10(12)9-3-1-2-8(6-9)7-4-5-7/h2,7-10H,1,3-6H2. The zero-order valence-corrected chi connectivity index (χ0v) is 7.18. The van der Waals surface area contributed by atoms with Crippen LogP contribution < -0.4 is 0 Å². The lowest BCUT2D eigenvalue weighted by Crippen LogP contribution is -2.22. The highest BCUT2D eigenvalue weighted by atomic mass is 19.3. The minimum absolute atomic E-state index is 0.305. The van der Waals surface area contributed by atoms with Gasteiger partial charge in [-0.2, -0.15) is 0 Å². The number of rotatable bonds is 2. The molecule has 2 fully saturated rings. The summed E-state index contributed by atoms with van der Waals surface area (Å²) < 4.78 is 24.7. The summed E-state index contributed by atoms with van der Waals surface area (Å²) >= 11 is 0. The van der Waals surface area contributed by atoms with E-state index < -0.39 is 6.43 Å². The van der Waals surface area contributed by atoms with Crippen molar-refractivity contribution in [2.45, 2.75) is 38.5 Å². The predicted octanol–water partition coefficient (Wildman–Crippen LogP) is 3.28. The quantitative estimate of drug-likeness (QED) is 0.601. The van der Waals surface area contributed by atoms with Gasteiger partial charge in [-0.25, -0.2) is 8.78 Å². The first kappa shape index (κ1) is 8.46. The first-order chi connectivity index (χ1) is 5.77. The van der Waals surface area contributed by atoms with Crippen molar-refractivity contribution in [3.63, 3.8) is 0 Å². The van der Waals surface area contributed by atoms with Gasteiger partial charge in [0, 0.05) is 5.92 Å². The largest absolute Gasteiger partial charge is 0.241 e. The van der Waals surface area contributed by atoms with Gasteiger partial charge in [0.2, 0.25) is 6.43 Å². The van der Waals surface area contributed by atoms with Crippen LogP contribution in [0.25, 0.3) is 0 Å². The molecule has 0 saturated heterocycles. The van der Waals surface area contributed by atoms with Gasteiger partial charge in [-0.3, -0.25) is 0 Å². The summed E-state index contributed by atoms with van der Waals surface area (Å²) in [6, 6.07) is 0. The molecule has 12 heavy (non-hydrogen) atoms. The molecule has 0 bridgehead atoms. The Morgan fingerprint density at radius 2 is 1.92 bits per heavy atom. The van der Waals surface area contributed by atoms with Crippen molar-refractivity contribution in [1.82, 2.24) is 0 Å². The molecule has 2 heteroatoms. The van der Waals surface area contributed by atoms with E-state index in [4.69, 9.17) is 0 Å². The fourth-order valence-corrected chi connectivity index (χ4v) is 2.23. The van der Waals surface area contributed by atoms with Crippen molar-refractivity contribution >= 4 is 0 Å². The van der Waals surface area contributed by atoms with Gasteiger partial charge in [0.25, 0.3) is 0 Å². The molecule has 2 aliphatic rings. The molecule has 2 aliphatic carbocycles. The minimum atomic E-state index is -2.08. The van der Waals surface area contributed by atoms with Crippen molar-refractivity contribution in [2.24, 2.45) is 17.8 Å². The second-order valence-electron chi connectivity index (χ2n) is 4.14. The highest BCUT2D eigenvalue weighted by molar-refractivity contribution is 4.94. The smallest absolute Gasteiger partial charge is 0.210 e. The van der Waals surface area contributed by atoms with Gasteiger partial charge in [-0.15, -0.1) is 0 Å². The average molecular weight is 173 g/mol. The van der Waals surface area contributed by atoms with Gasteiger partial charge < -0.3 is 0 Å². The third-order valence-corrected chi connectivity index (χ3v) is 3.17. The van der Waals surface area contributed by atoms with E-state index in [1.54, 1.807) is 0 Å². The van der Waals surface area contributed by atoms with Crippen LogP contribution >= 0.6 is 0 Å². The first-order valence-corrected chi connectivity index (χ1v) is 4.89. The van der Waals surface area contributed by atoms with Gasteiger partial charge in [0.05, 0.1) is 0 Å². The molecular formula is C10H15F2. The Hall–Kier alpha value is -0.140. The lowest BCUT2D eigenvalue weighted by Gasteiger charge is -2.28. The van der Waals surface area contributed by atoms with Gasteiger partial charge in [0.1, 0.15) is 0 Å². The highest BCUT2D eigenvalue weighted by Crippen LogP contribution is 2.45. The maximum absolute atomic E-state index is 12.4. The number of halogens is 2. The number of alkyl halides is 2. The molecule has 0 aromatic carbocycles. The lowest BCUT2D eigenvalue weighted by atomic mass is 9.79. The Balaban J connectivity index is 1.85. The third kappa shape index (κ3) is 1.78. The fraction of sp³-hybridized carbons (Fsp3) is 0.900. The number of hydrogen-bond acceptors (Lipinski definition) is 0. The Kier molecular flexibility index (Phi) is 2.33. The summed E-state index contributed by atoms with van der Waals surface area (Å²) in [5.74, 6) is 0.991. The van der Waals surface area contributed by atoms with E-state index in [1.807, 2.05) is 0 Å². The van der Waals surface area contributed by atoms with Crippen molar-refractivity contribution in [3.8, 4) is 0 Å². The molecule has 0 amide bonds. The van der Waals surface area contributed by atoms with E-state index >= 15 is 0 Å². The van der Waals surface area contributed by atoms with E-state index in [0.717, 1.165) is 18.8 Å². The van der Waals surface area contributed by atoms with Gasteiger partial charge in [-0.1, -0.05) is 0 Å². The predicted molar refractivity (Wildman–Crippen MR) is 43.9 cm³/mol. The van der Waals surface area contributed by atoms with Crippen LogP contribution in [0, 0.1) is 24.2 Å². The summed E-state index contributed by atoms with van der Waals surface area (Å²) in [4.78, 5) is 0. The molecule has 0 spiro atoms. The van der Waals surface area contributed by atoms with Crippen molar-refractivity contribution in [2.75, 3.05) is 0 Å². The molecule has 0 aromatic heterocycles. The van der Waals surface area contributed by atoms with Gasteiger partial charge in [-0.05, 0) is 50.4 Å². The fourth-order valence-electron chi connectivity index (χ4n) is 2.23. The van der Waals surface area contributed by atoms with Crippen LogP contribution in [0.15, 0.2) is 0 Å². The zero-order chi connectivity index (χ0) is 8.55. The summed E-state index contributed by atoms with van der Waals surface area (Å²) in [5.41, 5.74) is 0. The number of hydrogen-bond donors (Lipinski definition) is 0. The third-order valence-electron chi connectivity index (χ3n) is 3.17. The SMILES string of the molecule is FC(F)C1CC[CH]C(C2CC2)C1. The molecule has 0 nitrogen and oxygen atoms in total. The Morgan fingerprint density at radius 3 is 2.50 bits per heavy atom. The molecule has 0 aliphatic heterocycles. The first-order valence-electron chi connectivity index (χ1n) is 4.89. The molecule has 2 atom stereocenters. The summed E-state index contributed by atoms with van der Waals surface area (Å²) in [6.45, 7) is 0.